The number of aromatic nitrogens is 6. The Kier molecular flexibility index (Phi) is 3.98. The second kappa shape index (κ2) is 6.69. The fourth-order valence-corrected chi connectivity index (χ4v) is 3.34. The number of hydrogen-bond donors (Lipinski definition) is 2. The highest BCUT2D eigenvalue weighted by atomic mass is 19.1. The Balaban J connectivity index is 1.53. The van der Waals surface area contributed by atoms with Gasteiger partial charge >= 0.3 is 0 Å². The van der Waals surface area contributed by atoms with Crippen molar-refractivity contribution >= 4 is 33.4 Å². The number of carbonyl (C=O) groups excluding carboxylic acids is 1. The van der Waals surface area contributed by atoms with E-state index in [4.69, 9.17) is 0 Å². The highest BCUT2D eigenvalue weighted by molar-refractivity contribution is 6.08. The number of halogens is 2. The molecule has 3 aromatic heterocycles. The summed E-state index contributed by atoms with van der Waals surface area (Å²) >= 11 is 0. The molecule has 0 fully saturated rings. The largest absolute Gasteiger partial charge is 0.322 e. The molecule has 0 saturated heterocycles. The molecule has 0 atom stereocenters. The van der Waals surface area contributed by atoms with Crippen LogP contribution in [0.15, 0.2) is 49.1 Å². The topological polar surface area (TPSA) is 101 Å². The summed E-state index contributed by atoms with van der Waals surface area (Å²) in [6.45, 7) is 0. The summed E-state index contributed by atoms with van der Waals surface area (Å²) in [5, 5.41) is 14.4. The van der Waals surface area contributed by atoms with Crippen molar-refractivity contribution in [2.45, 2.75) is 0 Å². The first-order valence-electron chi connectivity index (χ1n) is 8.88. The number of aromatic amines is 1. The first-order valence-corrected chi connectivity index (χ1v) is 8.88. The lowest BCUT2D eigenvalue weighted by molar-refractivity contribution is 0.101. The summed E-state index contributed by atoms with van der Waals surface area (Å²) < 4.78 is 30.6. The third-order valence-corrected chi connectivity index (χ3v) is 4.82. The van der Waals surface area contributed by atoms with Crippen molar-refractivity contribution in [2.75, 3.05) is 5.32 Å². The van der Waals surface area contributed by atoms with Crippen LogP contribution in [0.2, 0.25) is 0 Å². The van der Waals surface area contributed by atoms with Crippen molar-refractivity contribution < 1.29 is 13.6 Å². The molecule has 148 valence electrons. The van der Waals surface area contributed by atoms with Crippen LogP contribution >= 0.6 is 0 Å². The summed E-state index contributed by atoms with van der Waals surface area (Å²) in [6.07, 6.45) is 4.25. The highest BCUT2D eigenvalue weighted by Crippen LogP contribution is 2.28. The molecule has 30 heavy (non-hydrogen) atoms. The van der Waals surface area contributed by atoms with Crippen LogP contribution in [0, 0.1) is 11.6 Å². The molecular formula is C20H13F2N7O. The molecule has 2 N–H and O–H groups in total. The maximum absolute atomic E-state index is 14.8. The Hall–Kier alpha value is -4.21. The van der Waals surface area contributed by atoms with E-state index in [9.17, 15) is 13.6 Å². The maximum atomic E-state index is 14.8. The van der Waals surface area contributed by atoms with E-state index in [-0.39, 0.29) is 10.9 Å². The SMILES string of the molecule is Cn1ncc2c(F)c(C(=O)Nc3ccc4[nH]nc(-c5ccncn5)c4c3)c(F)cc21. The molecule has 0 bridgehead atoms. The molecule has 10 heteroatoms. The second-order valence-electron chi connectivity index (χ2n) is 6.63. The molecule has 5 aromatic rings. The van der Waals surface area contributed by atoms with Gasteiger partial charge < -0.3 is 5.32 Å². The lowest BCUT2D eigenvalue weighted by atomic mass is 10.1. The van der Waals surface area contributed by atoms with Crippen molar-refractivity contribution in [1.82, 2.24) is 29.9 Å². The van der Waals surface area contributed by atoms with Crippen LogP contribution in [-0.4, -0.2) is 35.9 Å². The van der Waals surface area contributed by atoms with E-state index in [2.05, 4.69) is 30.6 Å². The molecular weight excluding hydrogens is 392 g/mol. The molecule has 0 unspecified atom stereocenters. The lowest BCUT2D eigenvalue weighted by Crippen LogP contribution is -2.16. The fourth-order valence-electron chi connectivity index (χ4n) is 3.34. The first-order chi connectivity index (χ1) is 14.5. The van der Waals surface area contributed by atoms with E-state index in [1.165, 1.54) is 17.2 Å². The van der Waals surface area contributed by atoms with Gasteiger partial charge in [0.05, 0.1) is 28.3 Å². The number of nitrogens with zero attached hydrogens (tertiary/aromatic N) is 5. The Morgan fingerprint density at radius 3 is 2.83 bits per heavy atom. The molecule has 0 radical (unpaired) electrons. The second-order valence-corrected chi connectivity index (χ2v) is 6.63. The van der Waals surface area contributed by atoms with Crippen LogP contribution < -0.4 is 5.32 Å². The molecule has 0 saturated carbocycles. The van der Waals surface area contributed by atoms with Crippen molar-refractivity contribution in [3.63, 3.8) is 0 Å². The fraction of sp³-hybridized carbons (Fsp3) is 0.0500. The quantitative estimate of drug-likeness (QED) is 0.479. The van der Waals surface area contributed by atoms with Crippen LogP contribution in [0.1, 0.15) is 10.4 Å². The number of hydrogen-bond acceptors (Lipinski definition) is 5. The Morgan fingerprint density at radius 1 is 1.17 bits per heavy atom. The normalized spacial score (nSPS) is 11.3. The highest BCUT2D eigenvalue weighted by Gasteiger charge is 2.22. The number of amides is 1. The molecule has 2 aromatic carbocycles. The molecule has 8 nitrogen and oxygen atoms in total. The van der Waals surface area contributed by atoms with Gasteiger partial charge in [0.25, 0.3) is 5.91 Å². The van der Waals surface area contributed by atoms with Crippen LogP contribution in [0.4, 0.5) is 14.5 Å². The van der Waals surface area contributed by atoms with Crippen molar-refractivity contribution in [3.05, 3.63) is 66.3 Å². The van der Waals surface area contributed by atoms with Gasteiger partial charge in [0.15, 0.2) is 0 Å². The van der Waals surface area contributed by atoms with Gasteiger partial charge in [0, 0.05) is 30.4 Å². The van der Waals surface area contributed by atoms with Gasteiger partial charge in [-0.15, -0.1) is 0 Å². The zero-order valence-electron chi connectivity index (χ0n) is 15.5. The van der Waals surface area contributed by atoms with E-state index in [0.29, 0.717) is 22.5 Å². The summed E-state index contributed by atoms with van der Waals surface area (Å²) in [4.78, 5) is 20.7. The number of anilines is 1. The lowest BCUT2D eigenvalue weighted by Gasteiger charge is -2.09. The predicted molar refractivity (Wildman–Crippen MR) is 106 cm³/mol. The molecule has 5 rings (SSSR count). The number of fused-ring (bicyclic) bond motifs is 2. The van der Waals surface area contributed by atoms with E-state index in [1.807, 2.05) is 0 Å². The molecule has 3 heterocycles. The Bertz CT molecular complexity index is 1430. The van der Waals surface area contributed by atoms with E-state index < -0.39 is 23.1 Å². The molecule has 0 aliphatic rings. The van der Waals surface area contributed by atoms with E-state index >= 15 is 0 Å². The van der Waals surface area contributed by atoms with Crippen LogP contribution in [0.5, 0.6) is 0 Å². The summed E-state index contributed by atoms with van der Waals surface area (Å²) in [5.41, 5.74) is 1.83. The van der Waals surface area contributed by atoms with Gasteiger partial charge in [0.1, 0.15) is 29.2 Å². The molecule has 0 aliphatic heterocycles. The Labute approximate surface area is 167 Å². The van der Waals surface area contributed by atoms with Gasteiger partial charge in [-0.2, -0.15) is 10.2 Å². The average Bonchev–Trinajstić information content (AvgIpc) is 3.32. The standard InChI is InChI=1S/C20H13F2N7O/c1-29-16-7-13(21)17(18(22)12(16)8-25-29)20(30)26-10-2-3-14-11(6-10)19(28-27-14)15-4-5-23-9-24-15/h2-9H,1H3,(H,26,30)(H,27,28). The van der Waals surface area contributed by atoms with Crippen LogP contribution in [0.3, 0.4) is 0 Å². The Morgan fingerprint density at radius 2 is 2.03 bits per heavy atom. The summed E-state index contributed by atoms with van der Waals surface area (Å²) in [5.74, 6) is -2.82. The van der Waals surface area contributed by atoms with Gasteiger partial charge in [-0.3, -0.25) is 14.6 Å². The first kappa shape index (κ1) is 17.9. The number of rotatable bonds is 3. The summed E-state index contributed by atoms with van der Waals surface area (Å²) in [7, 11) is 1.57. The zero-order valence-corrected chi connectivity index (χ0v) is 15.5. The maximum Gasteiger partial charge on any atom is 0.261 e. The van der Waals surface area contributed by atoms with Crippen LogP contribution in [0.25, 0.3) is 33.2 Å². The number of nitrogens with one attached hydrogen (secondary N) is 2. The van der Waals surface area contributed by atoms with Gasteiger partial charge in [-0.25, -0.2) is 18.7 Å². The van der Waals surface area contributed by atoms with Crippen molar-refractivity contribution in [1.29, 1.82) is 0 Å². The monoisotopic (exact) mass is 405 g/mol. The number of aryl methyl sites for hydroxylation is 1. The van der Waals surface area contributed by atoms with Gasteiger partial charge in [-0.1, -0.05) is 0 Å². The van der Waals surface area contributed by atoms with Gasteiger partial charge in [-0.05, 0) is 24.3 Å². The predicted octanol–water partition coefficient (Wildman–Crippen LogP) is 3.44. The average molecular weight is 405 g/mol. The third-order valence-electron chi connectivity index (χ3n) is 4.82. The minimum Gasteiger partial charge on any atom is -0.322 e. The van der Waals surface area contributed by atoms with E-state index in [0.717, 1.165) is 11.6 Å². The zero-order chi connectivity index (χ0) is 20.8. The number of carbonyl (C=O) groups is 1. The minimum absolute atomic E-state index is 0.0698. The minimum atomic E-state index is -0.966. The smallest absolute Gasteiger partial charge is 0.261 e. The molecule has 0 aliphatic carbocycles. The van der Waals surface area contributed by atoms with Crippen molar-refractivity contribution in [3.8, 4) is 11.4 Å². The van der Waals surface area contributed by atoms with Crippen molar-refractivity contribution in [2.24, 2.45) is 7.05 Å². The number of H-pyrrole nitrogens is 1. The molecule has 0 spiro atoms. The summed E-state index contributed by atoms with van der Waals surface area (Å²) in [6, 6.07) is 7.77. The van der Waals surface area contributed by atoms with Crippen LogP contribution in [-0.2, 0) is 7.05 Å². The third kappa shape index (κ3) is 2.77. The van der Waals surface area contributed by atoms with Gasteiger partial charge in [0.2, 0.25) is 0 Å². The number of benzene rings is 2. The van der Waals surface area contributed by atoms with E-state index in [1.54, 1.807) is 37.5 Å². The molecule has 1 amide bonds.